The van der Waals surface area contributed by atoms with Crippen LogP contribution < -0.4 is 10.9 Å². The molecule has 1 amide bonds. The Kier molecular flexibility index (Phi) is 5.52. The van der Waals surface area contributed by atoms with Gasteiger partial charge in [0.05, 0.1) is 27.3 Å². The summed E-state index contributed by atoms with van der Waals surface area (Å²) in [5.41, 5.74) is 1.53. The van der Waals surface area contributed by atoms with E-state index in [4.69, 9.17) is 0 Å². The Labute approximate surface area is 168 Å². The average molecular weight is 419 g/mol. The number of aromatic nitrogens is 2. The predicted octanol–water partition coefficient (Wildman–Crippen LogP) is 3.56. The Hall–Kier alpha value is -2.72. The maximum Gasteiger partial charge on any atom is 0.274 e. The summed E-state index contributed by atoms with van der Waals surface area (Å²) in [6, 6.07) is 4.52. The summed E-state index contributed by atoms with van der Waals surface area (Å²) < 4.78 is 1.44. The van der Waals surface area contributed by atoms with Crippen LogP contribution in [0.5, 0.6) is 0 Å². The molecule has 146 valence electrons. The highest BCUT2D eigenvalue weighted by Gasteiger charge is 2.17. The van der Waals surface area contributed by atoms with Crippen LogP contribution >= 0.6 is 23.1 Å². The van der Waals surface area contributed by atoms with Gasteiger partial charge in [0.2, 0.25) is 5.91 Å². The van der Waals surface area contributed by atoms with E-state index in [1.807, 2.05) is 13.8 Å². The van der Waals surface area contributed by atoms with Gasteiger partial charge in [-0.1, -0.05) is 17.8 Å². The number of carbonyl (C=O) groups is 1. The van der Waals surface area contributed by atoms with Crippen LogP contribution in [0.25, 0.3) is 10.2 Å². The number of nitro benzene ring substituents is 1. The maximum absolute atomic E-state index is 12.6. The van der Waals surface area contributed by atoms with E-state index in [0.29, 0.717) is 26.6 Å². The van der Waals surface area contributed by atoms with Crippen LogP contribution in [0.2, 0.25) is 0 Å². The summed E-state index contributed by atoms with van der Waals surface area (Å²) in [5, 5.41) is 14.8. The van der Waals surface area contributed by atoms with Crippen LogP contribution in [0, 0.1) is 30.9 Å². The first-order valence-corrected chi connectivity index (χ1v) is 10.1. The van der Waals surface area contributed by atoms with Crippen LogP contribution in [0.15, 0.2) is 28.2 Å². The summed E-state index contributed by atoms with van der Waals surface area (Å²) in [5.74, 6) is -0.307. The van der Waals surface area contributed by atoms with Crippen LogP contribution in [0.1, 0.15) is 16.0 Å². The number of nitrogens with zero attached hydrogens (tertiary/aromatic N) is 3. The van der Waals surface area contributed by atoms with Crippen LogP contribution in [0.3, 0.4) is 0 Å². The number of thiophene rings is 1. The quantitative estimate of drug-likeness (QED) is 0.294. The smallest absolute Gasteiger partial charge is 0.274 e. The summed E-state index contributed by atoms with van der Waals surface area (Å²) >= 11 is 2.60. The third-order valence-electron chi connectivity index (χ3n) is 4.48. The van der Waals surface area contributed by atoms with E-state index in [0.717, 1.165) is 22.2 Å². The van der Waals surface area contributed by atoms with Crippen LogP contribution in [-0.4, -0.2) is 26.1 Å². The number of fused-ring (bicyclic) bond motifs is 1. The van der Waals surface area contributed by atoms with Gasteiger partial charge in [0, 0.05) is 18.0 Å². The third-order valence-corrected chi connectivity index (χ3v) is 6.61. The Bertz CT molecular complexity index is 1170. The second kappa shape index (κ2) is 7.72. The van der Waals surface area contributed by atoms with Gasteiger partial charge < -0.3 is 5.32 Å². The molecule has 0 saturated heterocycles. The topological polar surface area (TPSA) is 107 Å². The molecule has 3 rings (SSSR count). The lowest BCUT2D eigenvalue weighted by Crippen LogP contribution is -2.21. The van der Waals surface area contributed by atoms with E-state index in [9.17, 15) is 19.7 Å². The number of rotatable bonds is 5. The number of thioether (sulfide) groups is 1. The first kappa shape index (κ1) is 20.0. The molecule has 0 aliphatic heterocycles. The molecule has 0 bridgehead atoms. The highest BCUT2D eigenvalue weighted by molar-refractivity contribution is 7.99. The van der Waals surface area contributed by atoms with Crippen molar-refractivity contribution < 1.29 is 9.72 Å². The highest BCUT2D eigenvalue weighted by atomic mass is 32.2. The van der Waals surface area contributed by atoms with Crippen molar-refractivity contribution in [3.05, 3.63) is 54.7 Å². The SMILES string of the molecule is Cc1sc2nc(SCC(=O)Nc3cccc([N+](=O)[O-])c3C)n(C)c(=O)c2c1C. The fourth-order valence-electron chi connectivity index (χ4n) is 2.76. The van der Waals surface area contributed by atoms with Crippen molar-refractivity contribution in [3.8, 4) is 0 Å². The highest BCUT2D eigenvalue weighted by Crippen LogP contribution is 2.28. The molecule has 0 radical (unpaired) electrons. The lowest BCUT2D eigenvalue weighted by Gasteiger charge is -2.10. The first-order valence-electron chi connectivity index (χ1n) is 8.34. The van der Waals surface area contributed by atoms with Crippen molar-refractivity contribution in [2.45, 2.75) is 25.9 Å². The number of nitrogens with one attached hydrogen (secondary N) is 1. The van der Waals surface area contributed by atoms with E-state index < -0.39 is 4.92 Å². The van der Waals surface area contributed by atoms with E-state index in [2.05, 4.69) is 10.3 Å². The molecule has 2 aromatic heterocycles. The van der Waals surface area contributed by atoms with E-state index >= 15 is 0 Å². The molecule has 0 atom stereocenters. The Morgan fingerprint density at radius 1 is 1.32 bits per heavy atom. The Morgan fingerprint density at radius 3 is 2.71 bits per heavy atom. The Balaban J connectivity index is 1.79. The molecule has 1 N–H and O–H groups in total. The summed E-state index contributed by atoms with van der Waals surface area (Å²) in [6.45, 7) is 5.43. The molecule has 1 aromatic carbocycles. The number of carbonyl (C=O) groups excluding carboxylic acids is 1. The standard InChI is InChI=1S/C18H18N4O4S2/c1-9-11(3)28-16-15(9)17(24)21(4)18(20-16)27-8-14(23)19-12-6-5-7-13(10(12)2)22(25)26/h5-7H,8H2,1-4H3,(H,19,23). The fourth-order valence-corrected chi connectivity index (χ4v) is 4.60. The summed E-state index contributed by atoms with van der Waals surface area (Å²) in [4.78, 5) is 41.7. The monoisotopic (exact) mass is 418 g/mol. The number of anilines is 1. The number of nitro groups is 1. The van der Waals surface area contributed by atoms with Crippen molar-refractivity contribution in [2.75, 3.05) is 11.1 Å². The molecule has 10 heteroatoms. The van der Waals surface area contributed by atoms with Gasteiger partial charge in [0.15, 0.2) is 5.16 Å². The van der Waals surface area contributed by atoms with E-state index in [1.165, 1.54) is 28.0 Å². The van der Waals surface area contributed by atoms with Gasteiger partial charge in [-0.2, -0.15) is 0 Å². The first-order chi connectivity index (χ1) is 13.2. The third kappa shape index (κ3) is 3.65. The number of aryl methyl sites for hydroxylation is 2. The zero-order chi connectivity index (χ0) is 20.6. The number of hydrogen-bond donors (Lipinski definition) is 1. The van der Waals surface area contributed by atoms with Gasteiger partial charge in [-0.25, -0.2) is 4.98 Å². The largest absolute Gasteiger partial charge is 0.325 e. The second-order valence-corrected chi connectivity index (χ2v) is 8.41. The summed E-state index contributed by atoms with van der Waals surface area (Å²) in [6.07, 6.45) is 0. The molecule has 0 aliphatic carbocycles. The molecule has 0 aliphatic rings. The molecule has 2 heterocycles. The minimum absolute atomic E-state index is 0.0251. The van der Waals surface area contributed by atoms with Crippen molar-refractivity contribution in [3.63, 3.8) is 0 Å². The molecule has 0 saturated carbocycles. The van der Waals surface area contributed by atoms with Gasteiger partial charge >= 0.3 is 0 Å². The van der Waals surface area contributed by atoms with Crippen molar-refractivity contribution >= 4 is 50.6 Å². The molecule has 0 fully saturated rings. The van der Waals surface area contributed by atoms with Gasteiger partial charge in [0.25, 0.3) is 11.2 Å². The minimum Gasteiger partial charge on any atom is -0.325 e. The molecule has 28 heavy (non-hydrogen) atoms. The van der Waals surface area contributed by atoms with Crippen molar-refractivity contribution in [2.24, 2.45) is 7.05 Å². The molecule has 0 spiro atoms. The van der Waals surface area contributed by atoms with E-state index in [1.54, 1.807) is 20.0 Å². The van der Waals surface area contributed by atoms with Gasteiger partial charge in [-0.3, -0.25) is 24.3 Å². The average Bonchev–Trinajstić information content (AvgIpc) is 2.92. The van der Waals surface area contributed by atoms with Crippen molar-refractivity contribution in [1.82, 2.24) is 9.55 Å². The van der Waals surface area contributed by atoms with Crippen LogP contribution in [-0.2, 0) is 11.8 Å². The molecule has 3 aromatic rings. The summed E-state index contributed by atoms with van der Waals surface area (Å²) in [7, 11) is 1.63. The van der Waals surface area contributed by atoms with Gasteiger partial charge in [0.1, 0.15) is 4.83 Å². The number of benzene rings is 1. The lowest BCUT2D eigenvalue weighted by molar-refractivity contribution is -0.385. The lowest BCUT2D eigenvalue weighted by atomic mass is 10.1. The number of hydrogen-bond acceptors (Lipinski definition) is 7. The minimum atomic E-state index is -0.486. The van der Waals surface area contributed by atoms with Crippen molar-refractivity contribution in [1.29, 1.82) is 0 Å². The maximum atomic E-state index is 12.6. The van der Waals surface area contributed by atoms with Gasteiger partial charge in [-0.05, 0) is 32.4 Å². The van der Waals surface area contributed by atoms with Crippen LogP contribution in [0.4, 0.5) is 11.4 Å². The Morgan fingerprint density at radius 2 is 2.04 bits per heavy atom. The van der Waals surface area contributed by atoms with Gasteiger partial charge in [-0.15, -0.1) is 11.3 Å². The predicted molar refractivity (Wildman–Crippen MR) is 112 cm³/mol. The van der Waals surface area contributed by atoms with E-state index in [-0.39, 0.29) is 22.9 Å². The molecule has 8 nitrogen and oxygen atoms in total. The fraction of sp³-hybridized carbons (Fsp3) is 0.278. The zero-order valence-corrected chi connectivity index (χ0v) is 17.4. The zero-order valence-electron chi connectivity index (χ0n) is 15.7. The molecule has 0 unspecified atom stereocenters. The molecular weight excluding hydrogens is 400 g/mol. The number of amides is 1. The molecular formula is C18H18N4O4S2. The second-order valence-electron chi connectivity index (χ2n) is 6.27. The normalized spacial score (nSPS) is 11.0.